The highest BCUT2D eigenvalue weighted by Crippen LogP contribution is 2.24. The van der Waals surface area contributed by atoms with Crippen LogP contribution in [0, 0.1) is 0 Å². The van der Waals surface area contributed by atoms with Gasteiger partial charge in [-0.15, -0.1) is 0 Å². The molecule has 7 heteroatoms. The molecule has 2 aromatic rings. The summed E-state index contributed by atoms with van der Waals surface area (Å²) >= 11 is 5.82. The van der Waals surface area contributed by atoms with Crippen LogP contribution in [0.25, 0.3) is 0 Å². The summed E-state index contributed by atoms with van der Waals surface area (Å²) in [6.45, 7) is 2.95. The Labute approximate surface area is 157 Å². The van der Waals surface area contributed by atoms with Gasteiger partial charge in [0.25, 0.3) is 0 Å². The highest BCUT2D eigenvalue weighted by atomic mass is 35.5. The fraction of sp³-hybridized carbons (Fsp3) is 0.263. The summed E-state index contributed by atoms with van der Waals surface area (Å²) in [5.74, 6) is 0.742. The quantitative estimate of drug-likeness (QED) is 0.840. The van der Waals surface area contributed by atoms with Gasteiger partial charge in [0, 0.05) is 29.4 Å². The van der Waals surface area contributed by atoms with Crippen molar-refractivity contribution in [3.63, 3.8) is 0 Å². The first-order valence-corrected chi connectivity index (χ1v) is 8.79. The van der Waals surface area contributed by atoms with Crippen LogP contribution in [0.5, 0.6) is 5.75 Å². The molecule has 0 spiro atoms. The van der Waals surface area contributed by atoms with Crippen LogP contribution in [-0.4, -0.2) is 31.1 Å². The van der Waals surface area contributed by atoms with Crippen molar-refractivity contribution in [3.05, 3.63) is 53.6 Å². The Hall–Kier alpha value is -2.73. The molecule has 1 unspecified atom stereocenters. The first-order valence-electron chi connectivity index (χ1n) is 8.41. The molecule has 26 heavy (non-hydrogen) atoms. The molecule has 3 amide bonds. The number of carbonyl (C=O) groups excluding carboxylic acids is 2. The number of nitrogens with one attached hydrogen (secondary N) is 2. The molecule has 0 aliphatic carbocycles. The normalized spacial score (nSPS) is 16.5. The Kier molecular flexibility index (Phi) is 5.63. The molecule has 0 radical (unpaired) electrons. The molecule has 2 N–H and O–H groups in total. The fourth-order valence-electron chi connectivity index (χ4n) is 2.83. The molecule has 1 fully saturated rings. The highest BCUT2D eigenvalue weighted by molar-refractivity contribution is 6.30. The SMILES string of the molecule is CCOc1ccc(N2CC(NC(=O)Nc3ccc(Cl)cc3)CC2=O)cc1. The van der Waals surface area contributed by atoms with Crippen LogP contribution in [0.15, 0.2) is 48.5 Å². The number of hydrogen-bond acceptors (Lipinski definition) is 3. The fourth-order valence-corrected chi connectivity index (χ4v) is 2.95. The minimum Gasteiger partial charge on any atom is -0.494 e. The molecule has 1 aliphatic rings. The maximum Gasteiger partial charge on any atom is 0.319 e. The first-order chi connectivity index (χ1) is 12.5. The highest BCUT2D eigenvalue weighted by Gasteiger charge is 2.31. The molecule has 136 valence electrons. The van der Waals surface area contributed by atoms with E-state index in [1.807, 2.05) is 31.2 Å². The lowest BCUT2D eigenvalue weighted by atomic mass is 10.2. The molecule has 0 saturated carbocycles. The van der Waals surface area contributed by atoms with Crippen molar-refractivity contribution in [1.29, 1.82) is 0 Å². The number of ether oxygens (including phenoxy) is 1. The van der Waals surface area contributed by atoms with E-state index >= 15 is 0 Å². The standard InChI is InChI=1S/C19H20ClN3O3/c1-2-26-17-9-7-16(8-10-17)23-12-15(11-18(23)24)22-19(25)21-14-5-3-13(20)4-6-14/h3-10,15H,2,11-12H2,1H3,(H2,21,22,25). The number of rotatable bonds is 5. The van der Waals surface area contributed by atoms with E-state index in [4.69, 9.17) is 16.3 Å². The molecule has 1 aliphatic heterocycles. The second-order valence-corrected chi connectivity index (χ2v) is 6.37. The van der Waals surface area contributed by atoms with Gasteiger partial charge >= 0.3 is 6.03 Å². The van der Waals surface area contributed by atoms with Gasteiger partial charge in [0.15, 0.2) is 0 Å². The predicted molar refractivity (Wildman–Crippen MR) is 102 cm³/mol. The Bertz CT molecular complexity index is 778. The van der Waals surface area contributed by atoms with Crippen molar-refractivity contribution in [2.45, 2.75) is 19.4 Å². The Morgan fingerprint density at radius 3 is 2.54 bits per heavy atom. The third-order valence-corrected chi connectivity index (χ3v) is 4.27. The topological polar surface area (TPSA) is 70.7 Å². The zero-order valence-corrected chi connectivity index (χ0v) is 15.1. The van der Waals surface area contributed by atoms with Gasteiger partial charge in [0.1, 0.15) is 5.75 Å². The number of halogens is 1. The van der Waals surface area contributed by atoms with Crippen molar-refractivity contribution in [2.24, 2.45) is 0 Å². The second kappa shape index (κ2) is 8.10. The largest absolute Gasteiger partial charge is 0.494 e. The molecular weight excluding hydrogens is 354 g/mol. The van der Waals surface area contributed by atoms with Gasteiger partial charge < -0.3 is 20.3 Å². The maximum atomic E-state index is 12.3. The first kappa shape index (κ1) is 18.1. The number of nitrogens with zero attached hydrogens (tertiary/aromatic N) is 1. The average molecular weight is 374 g/mol. The van der Waals surface area contributed by atoms with E-state index in [2.05, 4.69) is 10.6 Å². The van der Waals surface area contributed by atoms with E-state index < -0.39 is 0 Å². The number of carbonyl (C=O) groups is 2. The van der Waals surface area contributed by atoms with Crippen molar-refractivity contribution < 1.29 is 14.3 Å². The van der Waals surface area contributed by atoms with Gasteiger partial charge in [-0.3, -0.25) is 4.79 Å². The smallest absolute Gasteiger partial charge is 0.319 e. The summed E-state index contributed by atoms with van der Waals surface area (Å²) in [6.07, 6.45) is 0.265. The summed E-state index contributed by atoms with van der Waals surface area (Å²) in [7, 11) is 0. The number of amides is 3. The zero-order chi connectivity index (χ0) is 18.5. The van der Waals surface area contributed by atoms with Crippen LogP contribution in [0.3, 0.4) is 0 Å². The minimum absolute atomic E-state index is 0.0223. The molecule has 3 rings (SSSR count). The van der Waals surface area contributed by atoms with E-state index in [0.29, 0.717) is 23.9 Å². The van der Waals surface area contributed by atoms with Gasteiger partial charge in [0.2, 0.25) is 5.91 Å². The van der Waals surface area contributed by atoms with E-state index in [1.165, 1.54) is 0 Å². The van der Waals surface area contributed by atoms with E-state index in [1.54, 1.807) is 29.2 Å². The average Bonchev–Trinajstić information content (AvgIpc) is 2.98. The summed E-state index contributed by atoms with van der Waals surface area (Å²) < 4.78 is 5.41. The lowest BCUT2D eigenvalue weighted by Gasteiger charge is -2.18. The number of anilines is 2. The van der Waals surface area contributed by atoms with Crippen LogP contribution >= 0.6 is 11.6 Å². The van der Waals surface area contributed by atoms with Gasteiger partial charge in [-0.05, 0) is 55.5 Å². The summed E-state index contributed by atoms with van der Waals surface area (Å²) in [5.41, 5.74) is 1.43. The van der Waals surface area contributed by atoms with Crippen molar-refractivity contribution in [3.8, 4) is 5.75 Å². The maximum absolute atomic E-state index is 12.3. The van der Waals surface area contributed by atoms with Crippen LogP contribution in [0.2, 0.25) is 5.02 Å². The number of urea groups is 1. The molecule has 2 aromatic carbocycles. The van der Waals surface area contributed by atoms with Gasteiger partial charge in [-0.2, -0.15) is 0 Å². The van der Waals surface area contributed by atoms with Crippen molar-refractivity contribution >= 4 is 34.9 Å². The Morgan fingerprint density at radius 2 is 1.88 bits per heavy atom. The van der Waals surface area contributed by atoms with Crippen LogP contribution < -0.4 is 20.3 Å². The molecule has 1 heterocycles. The second-order valence-electron chi connectivity index (χ2n) is 5.94. The van der Waals surface area contributed by atoms with Crippen LogP contribution in [0.4, 0.5) is 16.2 Å². The lowest BCUT2D eigenvalue weighted by Crippen LogP contribution is -2.39. The predicted octanol–water partition coefficient (Wildman–Crippen LogP) is 3.67. The molecule has 0 bridgehead atoms. The Balaban J connectivity index is 1.56. The summed E-state index contributed by atoms with van der Waals surface area (Å²) in [5, 5.41) is 6.17. The van der Waals surface area contributed by atoms with Crippen molar-refractivity contribution in [2.75, 3.05) is 23.4 Å². The van der Waals surface area contributed by atoms with Crippen LogP contribution in [0.1, 0.15) is 13.3 Å². The van der Waals surface area contributed by atoms with E-state index in [-0.39, 0.29) is 24.4 Å². The Morgan fingerprint density at radius 1 is 1.19 bits per heavy atom. The molecule has 1 atom stereocenters. The van der Waals surface area contributed by atoms with Crippen LogP contribution in [-0.2, 0) is 4.79 Å². The third-order valence-electron chi connectivity index (χ3n) is 4.02. The van der Waals surface area contributed by atoms with E-state index in [9.17, 15) is 9.59 Å². The van der Waals surface area contributed by atoms with Gasteiger partial charge in [-0.1, -0.05) is 11.6 Å². The molecule has 1 saturated heterocycles. The third kappa shape index (κ3) is 4.46. The number of benzene rings is 2. The minimum atomic E-state index is -0.348. The summed E-state index contributed by atoms with van der Waals surface area (Å²) in [4.78, 5) is 26.1. The summed E-state index contributed by atoms with van der Waals surface area (Å²) in [6, 6.07) is 13.6. The monoisotopic (exact) mass is 373 g/mol. The zero-order valence-electron chi connectivity index (χ0n) is 14.4. The molecule has 0 aromatic heterocycles. The van der Waals surface area contributed by atoms with Gasteiger partial charge in [-0.25, -0.2) is 4.79 Å². The van der Waals surface area contributed by atoms with Crippen molar-refractivity contribution in [1.82, 2.24) is 5.32 Å². The lowest BCUT2D eigenvalue weighted by molar-refractivity contribution is -0.117. The molecule has 6 nitrogen and oxygen atoms in total. The van der Waals surface area contributed by atoms with E-state index in [0.717, 1.165) is 11.4 Å². The van der Waals surface area contributed by atoms with Gasteiger partial charge in [0.05, 0.1) is 12.6 Å². The number of hydrogen-bond donors (Lipinski definition) is 2. The molecular formula is C19H20ClN3O3.